The van der Waals surface area contributed by atoms with Crippen LogP contribution in [0.5, 0.6) is 0 Å². The molecule has 6 nitrogen and oxygen atoms in total. The predicted molar refractivity (Wildman–Crippen MR) is 59.0 cm³/mol. The molecule has 1 N–H and O–H groups in total. The summed E-state index contributed by atoms with van der Waals surface area (Å²) in [6.45, 7) is 0. The van der Waals surface area contributed by atoms with Crippen molar-refractivity contribution in [3.8, 4) is 0 Å². The van der Waals surface area contributed by atoms with Gasteiger partial charge < -0.3 is 0 Å². The van der Waals surface area contributed by atoms with Crippen LogP contribution in [0.3, 0.4) is 0 Å². The summed E-state index contributed by atoms with van der Waals surface area (Å²) in [7, 11) is -7.84. The highest BCUT2D eigenvalue weighted by atomic mass is 32.2. The van der Waals surface area contributed by atoms with Crippen molar-refractivity contribution >= 4 is 43.3 Å². The normalized spacial score (nSPS) is 11.9. The highest BCUT2D eigenvalue weighted by Gasteiger charge is 2.24. The first-order valence-corrected chi connectivity index (χ1v) is 6.51. The molecule has 0 fully saturated rings. The van der Waals surface area contributed by atoms with Gasteiger partial charge in [0.05, 0.1) is 7.11 Å². The molecule has 0 unspecified atom stereocenters. The van der Waals surface area contributed by atoms with Gasteiger partial charge in [-0.05, 0) is 12.1 Å². The average Bonchev–Trinajstić information content (AvgIpc) is 2.16. The van der Waals surface area contributed by atoms with E-state index in [-0.39, 0.29) is 23.1 Å². The van der Waals surface area contributed by atoms with E-state index in [0.717, 1.165) is 19.2 Å². The minimum atomic E-state index is -4.59. The van der Waals surface area contributed by atoms with E-state index in [1.807, 2.05) is 0 Å². The molecule has 16 heavy (non-hydrogen) atoms. The summed E-state index contributed by atoms with van der Waals surface area (Å²) >= 11 is 0. The quantitative estimate of drug-likeness (QED) is 0.448. The van der Waals surface area contributed by atoms with Crippen LogP contribution in [0.4, 0.5) is 0 Å². The van der Waals surface area contributed by atoms with Crippen LogP contribution in [-0.4, -0.2) is 51.6 Å². The van der Waals surface area contributed by atoms with Crippen molar-refractivity contribution in [1.82, 2.24) is 0 Å². The van der Waals surface area contributed by atoms with Crippen molar-refractivity contribution in [2.45, 2.75) is 9.79 Å². The molecule has 0 radical (unpaired) electrons. The molecule has 1 rings (SSSR count). The van der Waals surface area contributed by atoms with Crippen LogP contribution >= 0.6 is 0 Å². The molecule has 0 heterocycles. The topological polar surface area (TPSA) is 97.7 Å². The lowest BCUT2D eigenvalue weighted by molar-refractivity contribution is 0.395. The fraction of sp³-hybridized carbons (Fsp3) is 0.143. The molecule has 0 amide bonds. The van der Waals surface area contributed by atoms with Crippen molar-refractivity contribution in [3.63, 3.8) is 0 Å². The molecule has 0 aliphatic carbocycles. The zero-order chi connectivity index (χ0) is 11.7. The van der Waals surface area contributed by atoms with E-state index in [1.165, 1.54) is 12.1 Å². The minimum absolute atomic E-state index is 0. The smallest absolute Gasteiger partial charge is 0.282 e. The maximum atomic E-state index is 11.3. The first-order valence-electron chi connectivity index (χ1n) is 3.66. The van der Waals surface area contributed by atoms with Gasteiger partial charge in [-0.25, -0.2) is 0 Å². The number of hydrogen-bond donors (Lipinski definition) is 1. The molecule has 0 saturated carbocycles. The van der Waals surface area contributed by atoms with E-state index in [4.69, 9.17) is 4.55 Å². The third-order valence-corrected chi connectivity index (χ3v) is 3.99. The van der Waals surface area contributed by atoms with Gasteiger partial charge >= 0.3 is 23.1 Å². The maximum absolute atomic E-state index is 11.3. The van der Waals surface area contributed by atoms with Crippen LogP contribution in [0.25, 0.3) is 0 Å². The van der Waals surface area contributed by atoms with Gasteiger partial charge in [-0.15, -0.1) is 0 Å². The van der Waals surface area contributed by atoms with Crippen molar-refractivity contribution in [2.24, 2.45) is 0 Å². The van der Waals surface area contributed by atoms with Gasteiger partial charge in [0, 0.05) is 0 Å². The fourth-order valence-corrected chi connectivity index (χ4v) is 2.89. The van der Waals surface area contributed by atoms with E-state index in [2.05, 4.69) is 4.18 Å². The predicted octanol–water partition coefficient (Wildman–Crippen LogP) is -0.648. The largest absolute Gasteiger partial charge is 0.316 e. The Kier molecular flexibility index (Phi) is 5.36. The Morgan fingerprint density at radius 2 is 1.50 bits per heavy atom. The first-order chi connectivity index (χ1) is 6.79. The van der Waals surface area contributed by atoms with Crippen molar-refractivity contribution in [3.05, 3.63) is 24.3 Å². The molecule has 0 aliphatic heterocycles. The second-order valence-electron chi connectivity index (χ2n) is 2.54. The van der Waals surface area contributed by atoms with Crippen molar-refractivity contribution < 1.29 is 25.6 Å². The van der Waals surface area contributed by atoms with Crippen LogP contribution in [0.15, 0.2) is 34.1 Å². The van der Waals surface area contributed by atoms with E-state index >= 15 is 0 Å². The van der Waals surface area contributed by atoms with Crippen LogP contribution in [0.2, 0.25) is 0 Å². The zero-order valence-electron chi connectivity index (χ0n) is 7.61. The highest BCUT2D eigenvalue weighted by molar-refractivity contribution is 7.89. The third-order valence-electron chi connectivity index (χ3n) is 1.62. The maximum Gasteiger partial charge on any atom is 0.316 e. The van der Waals surface area contributed by atoms with Gasteiger partial charge in [0.15, 0.2) is 0 Å². The lowest BCUT2D eigenvalue weighted by Crippen LogP contribution is -2.10. The van der Waals surface area contributed by atoms with Gasteiger partial charge in [0.2, 0.25) is 0 Å². The Morgan fingerprint density at radius 3 is 1.88 bits per heavy atom. The van der Waals surface area contributed by atoms with Gasteiger partial charge in [-0.1, -0.05) is 12.1 Å². The van der Waals surface area contributed by atoms with Gasteiger partial charge in [-0.2, -0.15) is 16.8 Å². The molecule has 0 spiro atoms. The Labute approximate surface area is 110 Å². The summed E-state index contributed by atoms with van der Waals surface area (Å²) in [4.78, 5) is -1.29. The molecule has 0 aliphatic rings. The van der Waals surface area contributed by atoms with E-state index in [9.17, 15) is 16.8 Å². The summed E-state index contributed by atoms with van der Waals surface area (Å²) in [6.07, 6.45) is 0. The van der Waals surface area contributed by atoms with E-state index in [1.54, 1.807) is 0 Å². The Morgan fingerprint density at radius 1 is 1.06 bits per heavy atom. The minimum Gasteiger partial charge on any atom is -0.282 e. The monoisotopic (exact) mass is 278 g/mol. The molecule has 0 bridgehead atoms. The zero-order valence-corrected chi connectivity index (χ0v) is 9.25. The Bertz CT molecular complexity index is 562. The molecule has 1 aromatic carbocycles. The number of hydrogen-bond acceptors (Lipinski definition) is 5. The first kappa shape index (κ1) is 15.8. The third kappa shape index (κ3) is 3.40. The molecular formula is C7H10MgO6S2. The van der Waals surface area contributed by atoms with E-state index < -0.39 is 30.0 Å². The summed E-state index contributed by atoms with van der Waals surface area (Å²) in [5.74, 6) is 0. The van der Waals surface area contributed by atoms with E-state index in [0.29, 0.717) is 0 Å². The molecule has 0 saturated heterocycles. The number of rotatable bonds is 3. The highest BCUT2D eigenvalue weighted by Crippen LogP contribution is 2.21. The van der Waals surface area contributed by atoms with Crippen molar-refractivity contribution in [2.75, 3.05) is 7.11 Å². The summed E-state index contributed by atoms with van der Waals surface area (Å²) in [6, 6.07) is 4.61. The van der Waals surface area contributed by atoms with Gasteiger partial charge in [0.1, 0.15) is 9.79 Å². The van der Waals surface area contributed by atoms with Crippen molar-refractivity contribution in [1.29, 1.82) is 0 Å². The summed E-state index contributed by atoms with van der Waals surface area (Å²) in [5, 5.41) is 0. The fourth-order valence-electron chi connectivity index (χ4n) is 0.960. The molecule has 1 aromatic rings. The summed E-state index contributed by atoms with van der Waals surface area (Å²) < 4.78 is 57.2. The standard InChI is InChI=1S/C7H8O6S2.Mg.2H/c1-13-15(11,12)7-5-3-2-4-6(7)14(8,9)10;;;/h2-5H,1H3,(H,8,9,10);;;. The molecule has 0 atom stereocenters. The molecule has 88 valence electrons. The second kappa shape index (κ2) is 5.43. The van der Waals surface area contributed by atoms with Gasteiger partial charge in [0.25, 0.3) is 20.2 Å². The number of benzene rings is 1. The lowest BCUT2D eigenvalue weighted by Gasteiger charge is -2.05. The Hall–Kier alpha value is -0.194. The SMILES string of the molecule is COS(=O)(=O)c1ccccc1S(=O)(=O)O.[MgH2]. The second-order valence-corrected chi connectivity index (χ2v) is 5.61. The van der Waals surface area contributed by atoms with Crippen LogP contribution in [0, 0.1) is 0 Å². The van der Waals surface area contributed by atoms with Crippen LogP contribution in [0.1, 0.15) is 0 Å². The van der Waals surface area contributed by atoms with Crippen LogP contribution in [-0.2, 0) is 24.4 Å². The summed E-state index contributed by atoms with van der Waals surface area (Å²) in [5.41, 5.74) is 0. The average molecular weight is 279 g/mol. The molecule has 9 heteroatoms. The Balaban J connectivity index is 0.00000225. The van der Waals surface area contributed by atoms with Gasteiger partial charge in [-0.3, -0.25) is 8.74 Å². The lowest BCUT2D eigenvalue weighted by atomic mass is 10.4. The molecule has 0 aromatic heterocycles. The molecular weight excluding hydrogens is 269 g/mol. The van der Waals surface area contributed by atoms with Crippen LogP contribution < -0.4 is 0 Å².